The van der Waals surface area contributed by atoms with Gasteiger partial charge in [0.15, 0.2) is 11.5 Å². The van der Waals surface area contributed by atoms with Crippen LogP contribution in [0.15, 0.2) is 42.5 Å². The molecular weight excluding hydrogens is 399 g/mol. The maximum Gasteiger partial charge on any atom is 0.161 e. The van der Waals surface area contributed by atoms with E-state index in [-0.39, 0.29) is 12.4 Å². The van der Waals surface area contributed by atoms with Crippen molar-refractivity contribution >= 4 is 24.0 Å². The van der Waals surface area contributed by atoms with Crippen molar-refractivity contribution in [2.75, 3.05) is 46.5 Å². The quantitative estimate of drug-likeness (QED) is 0.618. The molecule has 0 bridgehead atoms. The minimum absolute atomic E-state index is 0. The van der Waals surface area contributed by atoms with Crippen LogP contribution < -0.4 is 14.8 Å². The molecule has 0 amide bonds. The Morgan fingerprint density at radius 1 is 1.07 bits per heavy atom. The fourth-order valence-corrected chi connectivity index (χ4v) is 3.24. The van der Waals surface area contributed by atoms with Crippen molar-refractivity contribution in [2.24, 2.45) is 0 Å². The zero-order valence-corrected chi connectivity index (χ0v) is 17.7. The minimum Gasteiger partial charge on any atom is -0.493 e. The second-order valence-corrected chi connectivity index (χ2v) is 6.97. The zero-order chi connectivity index (χ0) is 18.9. The highest BCUT2D eigenvalue weighted by Gasteiger charge is 2.10. The molecule has 5 nitrogen and oxygen atoms in total. The third-order valence-corrected chi connectivity index (χ3v) is 4.78. The topological polar surface area (TPSA) is 43.0 Å². The van der Waals surface area contributed by atoms with Crippen LogP contribution in [-0.4, -0.2) is 51.4 Å². The van der Waals surface area contributed by atoms with Crippen molar-refractivity contribution < 1.29 is 14.2 Å². The van der Waals surface area contributed by atoms with Crippen molar-refractivity contribution in [3.05, 3.63) is 58.6 Å². The molecule has 154 valence electrons. The summed E-state index contributed by atoms with van der Waals surface area (Å²) in [6, 6.07) is 13.7. The van der Waals surface area contributed by atoms with Gasteiger partial charge in [-0.1, -0.05) is 29.8 Å². The second kappa shape index (κ2) is 12.1. The largest absolute Gasteiger partial charge is 0.493 e. The molecule has 0 spiro atoms. The lowest BCUT2D eigenvalue weighted by Crippen LogP contribution is -2.40. The summed E-state index contributed by atoms with van der Waals surface area (Å²) in [6.07, 6.45) is 0. The van der Waals surface area contributed by atoms with Gasteiger partial charge >= 0.3 is 0 Å². The first kappa shape index (κ1) is 22.8. The third kappa shape index (κ3) is 7.15. The van der Waals surface area contributed by atoms with E-state index in [1.165, 1.54) is 5.56 Å². The Balaban J connectivity index is 0.00000280. The van der Waals surface area contributed by atoms with Crippen LogP contribution in [-0.2, 0) is 17.9 Å². The van der Waals surface area contributed by atoms with Crippen molar-refractivity contribution in [2.45, 2.75) is 13.2 Å². The number of morpholine rings is 1. The standard InChI is InChI=1S/C21H27ClN2O3.ClH/c1-25-21-14-17(15-23-7-8-24-9-11-26-12-10-24)5-6-20(21)27-16-18-3-2-4-19(22)13-18;/h2-6,13-14,23H,7-12,15-16H2,1H3;1H. The molecule has 0 radical (unpaired) electrons. The van der Waals surface area contributed by atoms with E-state index in [0.717, 1.165) is 63.0 Å². The number of hydrogen-bond donors (Lipinski definition) is 1. The summed E-state index contributed by atoms with van der Waals surface area (Å²) in [4.78, 5) is 2.42. The molecule has 7 heteroatoms. The van der Waals surface area contributed by atoms with Gasteiger partial charge in [-0.2, -0.15) is 0 Å². The lowest BCUT2D eigenvalue weighted by molar-refractivity contribution is 0.0384. The summed E-state index contributed by atoms with van der Waals surface area (Å²) >= 11 is 6.02. The molecule has 3 rings (SSSR count). The maximum atomic E-state index is 6.02. The highest BCUT2D eigenvalue weighted by atomic mass is 35.5. The van der Waals surface area contributed by atoms with E-state index in [4.69, 9.17) is 25.8 Å². The van der Waals surface area contributed by atoms with Gasteiger partial charge in [-0.15, -0.1) is 12.4 Å². The van der Waals surface area contributed by atoms with Crippen molar-refractivity contribution in [3.8, 4) is 11.5 Å². The van der Waals surface area contributed by atoms with Crippen LogP contribution in [0, 0.1) is 0 Å². The minimum atomic E-state index is 0. The Morgan fingerprint density at radius 2 is 1.89 bits per heavy atom. The van der Waals surface area contributed by atoms with E-state index in [2.05, 4.69) is 16.3 Å². The van der Waals surface area contributed by atoms with Gasteiger partial charge in [0.2, 0.25) is 0 Å². The van der Waals surface area contributed by atoms with Crippen molar-refractivity contribution in [1.82, 2.24) is 10.2 Å². The molecule has 0 aliphatic carbocycles. The average molecular weight is 427 g/mol. The number of halogens is 2. The fraction of sp³-hybridized carbons (Fsp3) is 0.429. The molecule has 1 aliphatic heterocycles. The van der Waals surface area contributed by atoms with Gasteiger partial charge in [0, 0.05) is 37.7 Å². The Bertz CT molecular complexity index is 725. The molecular formula is C21H28Cl2N2O3. The van der Waals surface area contributed by atoms with Gasteiger partial charge in [0.25, 0.3) is 0 Å². The molecule has 0 unspecified atom stereocenters. The number of hydrogen-bond acceptors (Lipinski definition) is 5. The SMILES string of the molecule is COc1cc(CNCCN2CCOCC2)ccc1OCc1cccc(Cl)c1.Cl. The first-order chi connectivity index (χ1) is 13.2. The third-order valence-electron chi connectivity index (χ3n) is 4.55. The highest BCUT2D eigenvalue weighted by Crippen LogP contribution is 2.29. The molecule has 1 aliphatic rings. The van der Waals surface area contributed by atoms with Crippen LogP contribution in [0.5, 0.6) is 11.5 Å². The number of benzene rings is 2. The Hall–Kier alpha value is -1.50. The summed E-state index contributed by atoms with van der Waals surface area (Å²) in [5, 5.41) is 4.20. The van der Waals surface area contributed by atoms with Gasteiger partial charge in [-0.25, -0.2) is 0 Å². The Morgan fingerprint density at radius 3 is 2.64 bits per heavy atom. The normalized spacial score (nSPS) is 14.4. The molecule has 2 aromatic rings. The second-order valence-electron chi connectivity index (χ2n) is 6.53. The van der Waals surface area contributed by atoms with Gasteiger partial charge in [0.05, 0.1) is 20.3 Å². The van der Waals surface area contributed by atoms with E-state index in [9.17, 15) is 0 Å². The number of ether oxygens (including phenoxy) is 3. The van der Waals surface area contributed by atoms with Crippen LogP contribution in [0.1, 0.15) is 11.1 Å². The lowest BCUT2D eigenvalue weighted by atomic mass is 10.2. The maximum absolute atomic E-state index is 6.02. The molecule has 1 saturated heterocycles. The highest BCUT2D eigenvalue weighted by molar-refractivity contribution is 6.30. The van der Waals surface area contributed by atoms with Crippen molar-refractivity contribution in [3.63, 3.8) is 0 Å². The van der Waals surface area contributed by atoms with Gasteiger partial charge in [0.1, 0.15) is 6.61 Å². The molecule has 0 aromatic heterocycles. The molecule has 1 N–H and O–H groups in total. The van der Waals surface area contributed by atoms with E-state index in [0.29, 0.717) is 11.6 Å². The summed E-state index contributed by atoms with van der Waals surface area (Å²) < 4.78 is 16.8. The predicted octanol–water partition coefficient (Wildman–Crippen LogP) is 3.77. The van der Waals surface area contributed by atoms with Crippen LogP contribution in [0.2, 0.25) is 5.02 Å². The van der Waals surface area contributed by atoms with E-state index in [1.807, 2.05) is 36.4 Å². The predicted molar refractivity (Wildman–Crippen MR) is 115 cm³/mol. The molecule has 0 saturated carbocycles. The first-order valence-electron chi connectivity index (χ1n) is 9.29. The number of methoxy groups -OCH3 is 1. The Kier molecular flexibility index (Phi) is 9.88. The van der Waals surface area contributed by atoms with Crippen molar-refractivity contribution in [1.29, 1.82) is 0 Å². The van der Waals surface area contributed by atoms with Crippen LogP contribution in [0.25, 0.3) is 0 Å². The average Bonchev–Trinajstić information content (AvgIpc) is 2.71. The first-order valence-corrected chi connectivity index (χ1v) is 9.67. The number of nitrogens with zero attached hydrogens (tertiary/aromatic N) is 1. The molecule has 28 heavy (non-hydrogen) atoms. The van der Waals surface area contributed by atoms with Crippen LogP contribution in [0.4, 0.5) is 0 Å². The monoisotopic (exact) mass is 426 g/mol. The van der Waals surface area contributed by atoms with E-state index in [1.54, 1.807) is 7.11 Å². The van der Waals surface area contributed by atoms with E-state index >= 15 is 0 Å². The molecule has 2 aromatic carbocycles. The zero-order valence-electron chi connectivity index (χ0n) is 16.2. The van der Waals surface area contributed by atoms with Gasteiger partial charge < -0.3 is 19.5 Å². The molecule has 1 fully saturated rings. The smallest absolute Gasteiger partial charge is 0.161 e. The fourth-order valence-electron chi connectivity index (χ4n) is 3.02. The summed E-state index contributed by atoms with van der Waals surface area (Å²) in [7, 11) is 1.66. The van der Waals surface area contributed by atoms with Gasteiger partial charge in [-0.05, 0) is 35.4 Å². The van der Waals surface area contributed by atoms with Gasteiger partial charge in [-0.3, -0.25) is 4.90 Å². The molecule has 1 heterocycles. The van der Waals surface area contributed by atoms with Crippen LogP contribution in [0.3, 0.4) is 0 Å². The molecule has 0 atom stereocenters. The van der Waals surface area contributed by atoms with Crippen LogP contribution >= 0.6 is 24.0 Å². The van der Waals surface area contributed by atoms with E-state index < -0.39 is 0 Å². The number of rotatable bonds is 9. The Labute approximate surface area is 178 Å². The summed E-state index contributed by atoms with van der Waals surface area (Å²) in [5.74, 6) is 1.47. The summed E-state index contributed by atoms with van der Waals surface area (Å²) in [6.45, 7) is 6.98. The number of nitrogens with one attached hydrogen (secondary N) is 1. The lowest BCUT2D eigenvalue weighted by Gasteiger charge is -2.26. The summed E-state index contributed by atoms with van der Waals surface area (Å²) in [5.41, 5.74) is 2.20.